The van der Waals surface area contributed by atoms with E-state index in [1.54, 1.807) is 24.3 Å². The highest BCUT2D eigenvalue weighted by Gasteiger charge is 2.45. The van der Waals surface area contributed by atoms with Crippen molar-refractivity contribution in [3.63, 3.8) is 0 Å². The van der Waals surface area contributed by atoms with Crippen LogP contribution in [0.1, 0.15) is 68.3 Å². The second-order valence-electron chi connectivity index (χ2n) is 12.2. The first-order valence-corrected chi connectivity index (χ1v) is 17.0. The molecule has 1 heterocycles. The zero-order valence-corrected chi connectivity index (χ0v) is 28.6. The summed E-state index contributed by atoms with van der Waals surface area (Å²) in [6.07, 6.45) is 1.49. The smallest absolute Gasteiger partial charge is 0.417 e. The summed E-state index contributed by atoms with van der Waals surface area (Å²) < 4.78 is 51.6. The zero-order chi connectivity index (χ0) is 35.5. The van der Waals surface area contributed by atoms with E-state index in [-0.39, 0.29) is 26.1 Å². The standard InChI is InChI=1S/C40H44F2N2O6/c1-4-6-26-48-34-22-12-29(13-23-34)37(43-33-20-18-32(42)19-21-33)35(24-25-40(47-3,50-5-2)30-14-16-31(41)17-15-30)38(45)44-36(27-49-39(44)46)28-10-8-7-9-11-28/h7-23,35-37,43H,4-6,24-27H2,1-3H3/t35-,36-,37-,40?/m1/s1. The SMILES string of the molecule is CCCCOc1ccc([C@@H](Nc2ccc(F)cc2)[C@@H](CCC(OC)(OCC)c2ccc(F)cc2)C(=O)N2C(=O)OC[C@@H]2c2ccccc2)cc1. The van der Waals surface area contributed by atoms with Crippen LogP contribution in [0.5, 0.6) is 5.75 Å². The number of rotatable bonds is 17. The molecule has 0 saturated carbocycles. The predicted molar refractivity (Wildman–Crippen MR) is 186 cm³/mol. The molecule has 1 unspecified atom stereocenters. The monoisotopic (exact) mass is 686 g/mol. The van der Waals surface area contributed by atoms with Crippen LogP contribution >= 0.6 is 0 Å². The number of nitrogens with one attached hydrogen (secondary N) is 1. The number of cyclic esters (lactones) is 1. The Bertz CT molecular complexity index is 1670. The molecule has 8 nitrogen and oxygen atoms in total. The number of hydrogen-bond donors (Lipinski definition) is 1. The summed E-state index contributed by atoms with van der Waals surface area (Å²) >= 11 is 0. The van der Waals surface area contributed by atoms with Gasteiger partial charge in [-0.3, -0.25) is 4.79 Å². The lowest BCUT2D eigenvalue weighted by atomic mass is 9.84. The van der Waals surface area contributed by atoms with E-state index in [1.165, 1.54) is 36.3 Å². The molecule has 4 aromatic rings. The number of carbonyl (C=O) groups excluding carboxylic acids is 2. The molecule has 4 atom stereocenters. The van der Waals surface area contributed by atoms with E-state index >= 15 is 0 Å². The molecule has 0 radical (unpaired) electrons. The van der Waals surface area contributed by atoms with Gasteiger partial charge in [-0.05, 0) is 79.4 Å². The van der Waals surface area contributed by atoms with Crippen LogP contribution in [0.2, 0.25) is 0 Å². The van der Waals surface area contributed by atoms with Crippen molar-refractivity contribution in [2.24, 2.45) is 5.92 Å². The summed E-state index contributed by atoms with van der Waals surface area (Å²) in [4.78, 5) is 29.5. The second kappa shape index (κ2) is 17.2. The molecule has 1 fully saturated rings. The maximum atomic E-state index is 15.0. The van der Waals surface area contributed by atoms with Crippen LogP contribution < -0.4 is 10.1 Å². The maximum Gasteiger partial charge on any atom is 0.417 e. The van der Waals surface area contributed by atoms with Crippen molar-refractivity contribution in [3.05, 3.63) is 131 Å². The molecule has 0 aromatic heterocycles. The van der Waals surface area contributed by atoms with Crippen LogP contribution in [-0.2, 0) is 24.8 Å². The van der Waals surface area contributed by atoms with Crippen LogP contribution in [0.25, 0.3) is 0 Å². The van der Waals surface area contributed by atoms with Crippen LogP contribution in [0, 0.1) is 17.6 Å². The molecule has 5 rings (SSSR count). The average molecular weight is 687 g/mol. The lowest BCUT2D eigenvalue weighted by molar-refractivity contribution is -0.235. The van der Waals surface area contributed by atoms with Crippen molar-refractivity contribution in [1.82, 2.24) is 4.90 Å². The van der Waals surface area contributed by atoms with Crippen molar-refractivity contribution in [1.29, 1.82) is 0 Å². The van der Waals surface area contributed by atoms with Gasteiger partial charge in [0, 0.05) is 31.4 Å². The Hall–Kier alpha value is -4.80. The number of amides is 2. The van der Waals surface area contributed by atoms with E-state index in [1.807, 2.05) is 61.5 Å². The van der Waals surface area contributed by atoms with Gasteiger partial charge < -0.3 is 24.3 Å². The Morgan fingerprint density at radius 1 is 0.940 bits per heavy atom. The molecule has 1 saturated heterocycles. The van der Waals surface area contributed by atoms with Gasteiger partial charge in [0.15, 0.2) is 5.79 Å². The summed E-state index contributed by atoms with van der Waals surface area (Å²) in [6, 6.07) is 27.1. The molecule has 1 aliphatic heterocycles. The molecule has 264 valence electrons. The Kier molecular flexibility index (Phi) is 12.6. The third-order valence-corrected chi connectivity index (χ3v) is 8.96. The number of benzene rings is 4. The molecule has 4 aromatic carbocycles. The number of anilines is 1. The Balaban J connectivity index is 1.59. The lowest BCUT2D eigenvalue weighted by Gasteiger charge is -2.36. The molecule has 0 aliphatic carbocycles. The van der Waals surface area contributed by atoms with Crippen LogP contribution in [0.4, 0.5) is 19.3 Å². The summed E-state index contributed by atoms with van der Waals surface area (Å²) in [5.74, 6) is -2.83. The van der Waals surface area contributed by atoms with Crippen molar-refractivity contribution >= 4 is 17.7 Å². The van der Waals surface area contributed by atoms with Gasteiger partial charge in [-0.1, -0.05) is 67.9 Å². The van der Waals surface area contributed by atoms with E-state index < -0.39 is 47.4 Å². The van der Waals surface area contributed by atoms with Gasteiger partial charge >= 0.3 is 6.09 Å². The number of carbonyl (C=O) groups is 2. The molecule has 1 aliphatic rings. The van der Waals surface area contributed by atoms with E-state index in [2.05, 4.69) is 12.2 Å². The van der Waals surface area contributed by atoms with Crippen LogP contribution in [0.15, 0.2) is 103 Å². The Morgan fingerprint density at radius 2 is 1.60 bits per heavy atom. The van der Waals surface area contributed by atoms with Gasteiger partial charge in [-0.15, -0.1) is 0 Å². The molecule has 2 amide bonds. The van der Waals surface area contributed by atoms with Gasteiger partial charge in [-0.2, -0.15) is 0 Å². The van der Waals surface area contributed by atoms with Gasteiger partial charge in [0.25, 0.3) is 0 Å². The van der Waals surface area contributed by atoms with E-state index in [9.17, 15) is 18.4 Å². The molecule has 0 bridgehead atoms. The van der Waals surface area contributed by atoms with Gasteiger partial charge in [0.2, 0.25) is 5.91 Å². The number of hydrogen-bond acceptors (Lipinski definition) is 7. The van der Waals surface area contributed by atoms with E-state index in [0.717, 1.165) is 24.0 Å². The normalized spacial score (nSPS) is 16.7. The number of unbranched alkanes of at least 4 members (excludes halogenated alkanes) is 1. The summed E-state index contributed by atoms with van der Waals surface area (Å²) in [7, 11) is 1.50. The fourth-order valence-electron chi connectivity index (χ4n) is 6.31. The minimum atomic E-state index is -1.33. The number of nitrogens with zero attached hydrogens (tertiary/aromatic N) is 1. The van der Waals surface area contributed by atoms with Crippen molar-refractivity contribution in [3.8, 4) is 5.75 Å². The first-order valence-electron chi connectivity index (χ1n) is 17.0. The maximum absolute atomic E-state index is 15.0. The highest BCUT2D eigenvalue weighted by molar-refractivity contribution is 5.95. The van der Waals surface area contributed by atoms with Crippen LogP contribution in [-0.4, -0.2) is 43.8 Å². The quantitative estimate of drug-likeness (QED) is 0.0877. The van der Waals surface area contributed by atoms with Crippen molar-refractivity contribution < 1.29 is 37.3 Å². The third-order valence-electron chi connectivity index (χ3n) is 8.96. The summed E-state index contributed by atoms with van der Waals surface area (Å²) in [5, 5.41) is 3.46. The summed E-state index contributed by atoms with van der Waals surface area (Å²) in [6.45, 7) is 4.78. The Labute approximate surface area is 292 Å². The highest BCUT2D eigenvalue weighted by Crippen LogP contribution is 2.41. The van der Waals surface area contributed by atoms with E-state index in [4.69, 9.17) is 18.9 Å². The Morgan fingerprint density at radius 3 is 2.22 bits per heavy atom. The number of halogens is 2. The van der Waals surface area contributed by atoms with Gasteiger partial charge in [0.1, 0.15) is 30.0 Å². The third kappa shape index (κ3) is 8.67. The predicted octanol–water partition coefficient (Wildman–Crippen LogP) is 8.95. The highest BCUT2D eigenvalue weighted by atomic mass is 19.1. The molecule has 0 spiro atoms. The second-order valence-corrected chi connectivity index (χ2v) is 12.2. The van der Waals surface area contributed by atoms with Crippen LogP contribution in [0.3, 0.4) is 0 Å². The van der Waals surface area contributed by atoms with Gasteiger partial charge in [-0.25, -0.2) is 18.5 Å². The minimum absolute atomic E-state index is 0.0116. The largest absolute Gasteiger partial charge is 0.494 e. The number of ether oxygens (including phenoxy) is 4. The number of methoxy groups -OCH3 is 1. The fourth-order valence-corrected chi connectivity index (χ4v) is 6.31. The van der Waals surface area contributed by atoms with E-state index in [0.29, 0.717) is 23.6 Å². The first-order chi connectivity index (χ1) is 24.3. The summed E-state index contributed by atoms with van der Waals surface area (Å²) in [5.41, 5.74) is 2.64. The molecule has 1 N–H and O–H groups in total. The van der Waals surface area contributed by atoms with Gasteiger partial charge in [0.05, 0.1) is 18.6 Å². The average Bonchev–Trinajstić information content (AvgIpc) is 3.53. The first kappa shape index (κ1) is 36.5. The molecule has 10 heteroatoms. The molecule has 50 heavy (non-hydrogen) atoms. The molecular formula is C40H44F2N2O6. The minimum Gasteiger partial charge on any atom is -0.494 e. The van der Waals surface area contributed by atoms with Crippen molar-refractivity contribution in [2.75, 3.05) is 32.2 Å². The van der Waals surface area contributed by atoms with Crippen molar-refractivity contribution in [2.45, 2.75) is 57.4 Å². The lowest BCUT2D eigenvalue weighted by Crippen LogP contribution is -2.43. The number of imide groups is 1. The molecular weight excluding hydrogens is 642 g/mol. The fraction of sp³-hybridized carbons (Fsp3) is 0.350. The topological polar surface area (TPSA) is 86.3 Å². The zero-order valence-electron chi connectivity index (χ0n) is 28.6.